The molecule has 0 spiro atoms. The highest BCUT2D eigenvalue weighted by Crippen LogP contribution is 2.08. The number of piperidine rings is 1. The zero-order chi connectivity index (χ0) is 9.84. The number of hydrogen-bond donors (Lipinski definition) is 3. The maximum Gasteiger partial charge on any atom is 0.359 e. The Morgan fingerprint density at radius 2 is 1.77 bits per heavy atom. The Kier molecular flexibility index (Phi) is 3.25. The number of carbonyl (C=O) groups is 2. The van der Waals surface area contributed by atoms with E-state index in [4.69, 9.17) is 10.2 Å². The Hall–Kier alpha value is -1.10. The molecule has 0 aliphatic carbocycles. The maximum atomic E-state index is 10.6. The second-order valence-electron chi connectivity index (χ2n) is 3.43. The first-order valence-electron chi connectivity index (χ1n) is 4.37. The molecule has 0 aromatic heterocycles. The molecule has 0 saturated carbocycles. The second kappa shape index (κ2) is 4.23. The van der Waals surface area contributed by atoms with Crippen LogP contribution in [-0.4, -0.2) is 41.8 Å². The molecule has 13 heavy (non-hydrogen) atoms. The van der Waals surface area contributed by atoms with Gasteiger partial charge in [0.15, 0.2) is 6.54 Å². The molecule has 0 aromatic rings. The average Bonchev–Trinajstić information content (AvgIpc) is 2.04. The van der Waals surface area contributed by atoms with Gasteiger partial charge in [0.25, 0.3) is 0 Å². The van der Waals surface area contributed by atoms with Gasteiger partial charge in [-0.2, -0.15) is 0 Å². The predicted molar refractivity (Wildman–Crippen MR) is 43.6 cm³/mol. The van der Waals surface area contributed by atoms with Crippen LogP contribution in [0.15, 0.2) is 0 Å². The Labute approximate surface area is 76.0 Å². The lowest BCUT2D eigenvalue weighted by Gasteiger charge is -2.25. The summed E-state index contributed by atoms with van der Waals surface area (Å²) in [5.41, 5.74) is 0. The van der Waals surface area contributed by atoms with Gasteiger partial charge in [-0.05, 0) is 0 Å². The number of carboxylic acid groups (broad SMARTS) is 2. The van der Waals surface area contributed by atoms with Crippen LogP contribution in [0.4, 0.5) is 0 Å². The fourth-order valence-corrected chi connectivity index (χ4v) is 1.66. The molecule has 0 amide bonds. The lowest BCUT2D eigenvalue weighted by atomic mass is 9.97. The Morgan fingerprint density at radius 3 is 2.15 bits per heavy atom. The number of likely N-dealkylation sites (tertiary alicyclic amines) is 1. The van der Waals surface area contributed by atoms with E-state index in [1.165, 1.54) is 0 Å². The van der Waals surface area contributed by atoms with Crippen molar-refractivity contribution in [2.75, 3.05) is 19.6 Å². The van der Waals surface area contributed by atoms with Gasteiger partial charge in [-0.1, -0.05) is 0 Å². The molecule has 1 aliphatic heterocycles. The van der Waals surface area contributed by atoms with Gasteiger partial charge in [0, 0.05) is 12.8 Å². The summed E-state index contributed by atoms with van der Waals surface area (Å²) in [6, 6.07) is 0. The predicted octanol–water partition coefficient (Wildman–Crippen LogP) is -1.55. The van der Waals surface area contributed by atoms with Crippen molar-refractivity contribution in [3.63, 3.8) is 0 Å². The van der Waals surface area contributed by atoms with Crippen molar-refractivity contribution in [1.29, 1.82) is 0 Å². The molecule has 0 radical (unpaired) electrons. The molecule has 0 bridgehead atoms. The van der Waals surface area contributed by atoms with Gasteiger partial charge in [-0.15, -0.1) is 0 Å². The van der Waals surface area contributed by atoms with Crippen LogP contribution in [0, 0.1) is 5.92 Å². The Morgan fingerprint density at radius 1 is 1.23 bits per heavy atom. The summed E-state index contributed by atoms with van der Waals surface area (Å²) in [6.45, 7) is 1.42. The van der Waals surface area contributed by atoms with Gasteiger partial charge in [-0.3, -0.25) is 4.79 Å². The van der Waals surface area contributed by atoms with Crippen LogP contribution in [0.2, 0.25) is 0 Å². The third-order valence-electron chi connectivity index (χ3n) is 2.44. The Bertz CT molecular complexity index is 208. The van der Waals surface area contributed by atoms with E-state index in [1.54, 1.807) is 0 Å². The van der Waals surface area contributed by atoms with Gasteiger partial charge >= 0.3 is 11.9 Å². The zero-order valence-electron chi connectivity index (χ0n) is 7.32. The standard InChI is InChI=1S/C8H13NO4/c10-7(11)5-9-3-1-6(2-4-9)8(12)13/h6H,1-5H2,(H,10,11)(H,12,13)/p+1. The molecule has 5 nitrogen and oxygen atoms in total. The lowest BCUT2D eigenvalue weighted by Crippen LogP contribution is -3.14. The van der Waals surface area contributed by atoms with E-state index < -0.39 is 11.9 Å². The molecule has 1 heterocycles. The van der Waals surface area contributed by atoms with Crippen molar-refractivity contribution in [2.45, 2.75) is 12.8 Å². The van der Waals surface area contributed by atoms with Crippen molar-refractivity contribution >= 4 is 11.9 Å². The smallest absolute Gasteiger partial charge is 0.359 e. The minimum absolute atomic E-state index is 0.104. The molecule has 0 atom stereocenters. The van der Waals surface area contributed by atoms with Gasteiger partial charge in [0.2, 0.25) is 0 Å². The van der Waals surface area contributed by atoms with Crippen LogP contribution in [0.5, 0.6) is 0 Å². The molecular weight excluding hydrogens is 174 g/mol. The quantitative estimate of drug-likeness (QED) is 0.501. The first-order valence-corrected chi connectivity index (χ1v) is 4.37. The summed E-state index contributed by atoms with van der Waals surface area (Å²) in [6.07, 6.45) is 1.19. The van der Waals surface area contributed by atoms with E-state index in [0.717, 1.165) is 4.90 Å². The first-order chi connectivity index (χ1) is 6.09. The third kappa shape index (κ3) is 3.02. The van der Waals surface area contributed by atoms with E-state index in [9.17, 15) is 9.59 Å². The van der Waals surface area contributed by atoms with E-state index in [0.29, 0.717) is 25.9 Å². The van der Waals surface area contributed by atoms with Crippen LogP contribution in [0.1, 0.15) is 12.8 Å². The van der Waals surface area contributed by atoms with Crippen LogP contribution in [0.3, 0.4) is 0 Å². The molecule has 1 fully saturated rings. The number of aliphatic carboxylic acids is 2. The highest BCUT2D eigenvalue weighted by atomic mass is 16.4. The van der Waals surface area contributed by atoms with Crippen molar-refractivity contribution in [2.24, 2.45) is 5.92 Å². The largest absolute Gasteiger partial charge is 0.481 e. The van der Waals surface area contributed by atoms with Gasteiger partial charge in [0.05, 0.1) is 19.0 Å². The van der Waals surface area contributed by atoms with Crippen LogP contribution in [0.25, 0.3) is 0 Å². The van der Waals surface area contributed by atoms with Gasteiger partial charge < -0.3 is 15.1 Å². The monoisotopic (exact) mass is 188 g/mol. The van der Waals surface area contributed by atoms with Crippen molar-refractivity contribution in [3.05, 3.63) is 0 Å². The zero-order valence-corrected chi connectivity index (χ0v) is 7.32. The summed E-state index contributed by atoms with van der Waals surface area (Å²) in [7, 11) is 0. The minimum atomic E-state index is -0.816. The lowest BCUT2D eigenvalue weighted by molar-refractivity contribution is -0.898. The first kappa shape index (κ1) is 9.98. The van der Waals surface area contributed by atoms with Crippen LogP contribution >= 0.6 is 0 Å². The maximum absolute atomic E-state index is 10.6. The summed E-state index contributed by atoms with van der Waals surface area (Å²) in [4.78, 5) is 21.9. The molecule has 3 N–H and O–H groups in total. The molecular formula is C8H14NO4+. The highest BCUT2D eigenvalue weighted by molar-refractivity contribution is 5.70. The summed E-state index contributed by atoms with van der Waals surface area (Å²) in [5, 5.41) is 17.2. The molecule has 1 aliphatic rings. The van der Waals surface area contributed by atoms with Crippen molar-refractivity contribution < 1.29 is 24.7 Å². The topological polar surface area (TPSA) is 79.0 Å². The number of quaternary nitrogens is 1. The van der Waals surface area contributed by atoms with Crippen molar-refractivity contribution in [3.8, 4) is 0 Å². The van der Waals surface area contributed by atoms with Crippen molar-refractivity contribution in [1.82, 2.24) is 0 Å². The Balaban J connectivity index is 2.30. The molecule has 1 saturated heterocycles. The molecule has 74 valence electrons. The molecule has 5 heteroatoms. The van der Waals surface area contributed by atoms with Crippen LogP contribution in [-0.2, 0) is 9.59 Å². The third-order valence-corrected chi connectivity index (χ3v) is 2.44. The highest BCUT2D eigenvalue weighted by Gasteiger charge is 2.27. The van der Waals surface area contributed by atoms with Gasteiger partial charge in [0.1, 0.15) is 0 Å². The molecule has 0 aromatic carbocycles. The molecule has 1 rings (SSSR count). The number of rotatable bonds is 3. The van der Waals surface area contributed by atoms with E-state index >= 15 is 0 Å². The summed E-state index contributed by atoms with van der Waals surface area (Å²) < 4.78 is 0. The SMILES string of the molecule is O=C(O)C[NH+]1CCC(C(=O)O)CC1. The minimum Gasteiger partial charge on any atom is -0.481 e. The summed E-state index contributed by atoms with van der Waals surface area (Å²) >= 11 is 0. The number of hydrogen-bond acceptors (Lipinski definition) is 2. The normalized spacial score (nSPS) is 28.3. The fourth-order valence-electron chi connectivity index (χ4n) is 1.66. The summed E-state index contributed by atoms with van der Waals surface area (Å²) in [5.74, 6) is -1.84. The van der Waals surface area contributed by atoms with E-state index in [2.05, 4.69) is 0 Å². The average molecular weight is 188 g/mol. The van der Waals surface area contributed by atoms with E-state index in [1.807, 2.05) is 0 Å². The van der Waals surface area contributed by atoms with Crippen LogP contribution < -0.4 is 4.90 Å². The van der Waals surface area contributed by atoms with E-state index in [-0.39, 0.29) is 12.5 Å². The number of nitrogens with one attached hydrogen (secondary N) is 1. The fraction of sp³-hybridized carbons (Fsp3) is 0.750. The number of carboxylic acids is 2. The van der Waals surface area contributed by atoms with Gasteiger partial charge in [-0.25, -0.2) is 4.79 Å². The molecule has 0 unspecified atom stereocenters. The second-order valence-corrected chi connectivity index (χ2v) is 3.43.